The molecular weight excluding hydrogens is 208 g/mol. The number of nitrogens with two attached hydrogens (primary N) is 1. The Bertz CT molecular complexity index is 494. The number of alkyl halides is 2. The molecule has 2 aromatic rings. The van der Waals surface area contributed by atoms with Crippen LogP contribution in [0.15, 0.2) is 42.5 Å². The molecule has 0 bridgehead atoms. The van der Waals surface area contributed by atoms with Crippen molar-refractivity contribution >= 4 is 10.8 Å². The van der Waals surface area contributed by atoms with E-state index in [4.69, 9.17) is 5.73 Å². The highest BCUT2D eigenvalue weighted by atomic mass is 19.3. The van der Waals surface area contributed by atoms with Crippen LogP contribution in [0.1, 0.15) is 12.0 Å². The summed E-state index contributed by atoms with van der Waals surface area (Å²) in [7, 11) is 0. The molecule has 0 spiro atoms. The molecule has 0 aliphatic carbocycles. The van der Waals surface area contributed by atoms with Gasteiger partial charge in [0, 0.05) is 12.0 Å². The molecular formula is C13H13F2N. The van der Waals surface area contributed by atoms with Crippen LogP contribution in [0.2, 0.25) is 0 Å². The van der Waals surface area contributed by atoms with E-state index < -0.39 is 5.92 Å². The average Bonchev–Trinajstić information content (AvgIpc) is 2.28. The Balaban J connectivity index is 2.46. The van der Waals surface area contributed by atoms with E-state index in [1.54, 1.807) is 6.07 Å². The van der Waals surface area contributed by atoms with E-state index in [0.717, 1.165) is 10.8 Å². The lowest BCUT2D eigenvalue weighted by molar-refractivity contribution is -0.0105. The normalized spacial score (nSPS) is 11.9. The SMILES string of the molecule is NCCC(F)(F)c1ccc2ccccc2c1. The van der Waals surface area contributed by atoms with Crippen LogP contribution in [0, 0.1) is 0 Å². The molecule has 0 radical (unpaired) electrons. The van der Waals surface area contributed by atoms with E-state index in [0.29, 0.717) is 0 Å². The molecule has 1 nitrogen and oxygen atoms in total. The van der Waals surface area contributed by atoms with Crippen LogP contribution in [0.4, 0.5) is 8.78 Å². The maximum Gasteiger partial charge on any atom is 0.274 e. The number of halogens is 2. The summed E-state index contributed by atoms with van der Waals surface area (Å²) in [5.74, 6) is -2.83. The summed E-state index contributed by atoms with van der Waals surface area (Å²) in [5, 5.41) is 1.80. The first-order valence-corrected chi connectivity index (χ1v) is 5.21. The summed E-state index contributed by atoms with van der Waals surface area (Å²) in [6.07, 6.45) is -0.314. The number of hydrogen-bond donors (Lipinski definition) is 1. The maximum absolute atomic E-state index is 13.6. The van der Waals surface area contributed by atoms with Crippen LogP contribution < -0.4 is 5.73 Å². The standard InChI is InChI=1S/C13H13F2N/c14-13(15,7-8-16)12-6-5-10-3-1-2-4-11(10)9-12/h1-6,9H,7-8,16H2. The van der Waals surface area contributed by atoms with Gasteiger partial charge in [-0.3, -0.25) is 0 Å². The fourth-order valence-electron chi connectivity index (χ4n) is 1.74. The van der Waals surface area contributed by atoms with Crippen molar-refractivity contribution in [2.75, 3.05) is 6.54 Å². The van der Waals surface area contributed by atoms with E-state index in [9.17, 15) is 8.78 Å². The highest BCUT2D eigenvalue weighted by molar-refractivity contribution is 5.83. The largest absolute Gasteiger partial charge is 0.330 e. The molecule has 3 heteroatoms. The van der Waals surface area contributed by atoms with Crippen molar-refractivity contribution in [3.8, 4) is 0 Å². The first-order valence-electron chi connectivity index (χ1n) is 5.21. The number of benzene rings is 2. The second kappa shape index (κ2) is 4.18. The molecule has 0 unspecified atom stereocenters. The summed E-state index contributed by atoms with van der Waals surface area (Å²) in [6, 6.07) is 12.2. The van der Waals surface area contributed by atoms with Crippen molar-refractivity contribution in [3.05, 3.63) is 48.0 Å². The van der Waals surface area contributed by atoms with E-state index in [2.05, 4.69) is 0 Å². The minimum absolute atomic E-state index is 0.0141. The van der Waals surface area contributed by atoms with Gasteiger partial charge in [0.25, 0.3) is 5.92 Å². The molecule has 0 fully saturated rings. The second-order valence-corrected chi connectivity index (χ2v) is 3.81. The second-order valence-electron chi connectivity index (χ2n) is 3.81. The molecule has 2 rings (SSSR count). The molecule has 0 aliphatic heterocycles. The Kier molecular flexibility index (Phi) is 2.88. The Labute approximate surface area is 92.9 Å². The van der Waals surface area contributed by atoms with Gasteiger partial charge in [0.15, 0.2) is 0 Å². The molecule has 0 heterocycles. The zero-order chi connectivity index (χ0) is 11.6. The smallest absolute Gasteiger partial charge is 0.274 e. The van der Waals surface area contributed by atoms with Crippen molar-refractivity contribution in [2.45, 2.75) is 12.3 Å². The molecule has 0 atom stereocenters. The molecule has 2 aromatic carbocycles. The Morgan fingerprint density at radius 3 is 2.38 bits per heavy atom. The van der Waals surface area contributed by atoms with Crippen LogP contribution in [0.5, 0.6) is 0 Å². The Morgan fingerprint density at radius 1 is 1.00 bits per heavy atom. The predicted octanol–water partition coefficient (Wildman–Crippen LogP) is 3.28. The van der Waals surface area contributed by atoms with Crippen LogP contribution in [0.25, 0.3) is 10.8 Å². The Morgan fingerprint density at radius 2 is 1.69 bits per heavy atom. The Hall–Kier alpha value is -1.48. The van der Waals surface area contributed by atoms with E-state index in [-0.39, 0.29) is 18.5 Å². The summed E-state index contributed by atoms with van der Waals surface area (Å²) in [4.78, 5) is 0. The predicted molar refractivity (Wildman–Crippen MR) is 61.5 cm³/mol. The lowest BCUT2D eigenvalue weighted by atomic mass is 10.0. The third kappa shape index (κ3) is 2.04. The van der Waals surface area contributed by atoms with Gasteiger partial charge in [-0.1, -0.05) is 36.4 Å². The van der Waals surface area contributed by atoms with Crippen molar-refractivity contribution in [1.29, 1.82) is 0 Å². The van der Waals surface area contributed by atoms with Gasteiger partial charge in [-0.15, -0.1) is 0 Å². The molecule has 0 saturated heterocycles. The number of fused-ring (bicyclic) bond motifs is 1. The average molecular weight is 221 g/mol. The summed E-state index contributed by atoms with van der Waals surface area (Å²) < 4.78 is 27.2. The lowest BCUT2D eigenvalue weighted by Gasteiger charge is -2.16. The van der Waals surface area contributed by atoms with Gasteiger partial charge in [0.2, 0.25) is 0 Å². The van der Waals surface area contributed by atoms with Gasteiger partial charge >= 0.3 is 0 Å². The zero-order valence-corrected chi connectivity index (χ0v) is 8.79. The monoisotopic (exact) mass is 221 g/mol. The van der Waals surface area contributed by atoms with E-state index in [1.165, 1.54) is 12.1 Å². The lowest BCUT2D eigenvalue weighted by Crippen LogP contribution is -2.18. The van der Waals surface area contributed by atoms with Crippen molar-refractivity contribution in [3.63, 3.8) is 0 Å². The third-order valence-electron chi connectivity index (χ3n) is 2.63. The highest BCUT2D eigenvalue weighted by Gasteiger charge is 2.30. The summed E-state index contributed by atoms with van der Waals surface area (Å²) >= 11 is 0. The van der Waals surface area contributed by atoms with Crippen LogP contribution >= 0.6 is 0 Å². The van der Waals surface area contributed by atoms with Crippen molar-refractivity contribution in [2.24, 2.45) is 5.73 Å². The quantitative estimate of drug-likeness (QED) is 0.845. The maximum atomic E-state index is 13.6. The molecule has 0 saturated carbocycles. The molecule has 84 valence electrons. The molecule has 16 heavy (non-hydrogen) atoms. The van der Waals surface area contributed by atoms with Gasteiger partial charge in [0.05, 0.1) is 0 Å². The van der Waals surface area contributed by atoms with Crippen molar-refractivity contribution < 1.29 is 8.78 Å². The highest BCUT2D eigenvalue weighted by Crippen LogP contribution is 2.32. The number of rotatable bonds is 3. The summed E-state index contributed by atoms with van der Waals surface area (Å²) in [6.45, 7) is -0.0141. The molecule has 0 aliphatic rings. The van der Waals surface area contributed by atoms with Crippen LogP contribution in [-0.4, -0.2) is 6.54 Å². The first-order chi connectivity index (χ1) is 7.63. The number of hydrogen-bond acceptors (Lipinski definition) is 1. The molecule has 0 amide bonds. The van der Waals surface area contributed by atoms with E-state index >= 15 is 0 Å². The molecule has 2 N–H and O–H groups in total. The van der Waals surface area contributed by atoms with E-state index in [1.807, 2.05) is 24.3 Å². The van der Waals surface area contributed by atoms with Crippen molar-refractivity contribution in [1.82, 2.24) is 0 Å². The fraction of sp³-hybridized carbons (Fsp3) is 0.231. The zero-order valence-electron chi connectivity index (χ0n) is 8.79. The molecule has 0 aromatic heterocycles. The topological polar surface area (TPSA) is 26.0 Å². The van der Waals surface area contributed by atoms with Gasteiger partial charge in [-0.25, -0.2) is 8.78 Å². The minimum Gasteiger partial charge on any atom is -0.330 e. The first kappa shape index (κ1) is 11.0. The van der Waals surface area contributed by atoms with Crippen LogP contribution in [0.3, 0.4) is 0 Å². The van der Waals surface area contributed by atoms with Crippen LogP contribution in [-0.2, 0) is 5.92 Å². The summed E-state index contributed by atoms with van der Waals surface area (Å²) in [5.41, 5.74) is 5.22. The van der Waals surface area contributed by atoms with Gasteiger partial charge in [-0.05, 0) is 23.4 Å². The van der Waals surface area contributed by atoms with Gasteiger partial charge in [0.1, 0.15) is 0 Å². The minimum atomic E-state index is -2.83. The third-order valence-corrected chi connectivity index (χ3v) is 2.63. The van der Waals surface area contributed by atoms with Gasteiger partial charge in [-0.2, -0.15) is 0 Å². The fourth-order valence-corrected chi connectivity index (χ4v) is 1.74. The van der Waals surface area contributed by atoms with Gasteiger partial charge < -0.3 is 5.73 Å².